The minimum atomic E-state index is -1.39. The number of rotatable bonds is 5. The van der Waals surface area contributed by atoms with E-state index in [0.717, 1.165) is 0 Å². The molecule has 0 atom stereocenters. The second kappa shape index (κ2) is 5.91. The molecule has 8 heteroatoms. The van der Waals surface area contributed by atoms with Gasteiger partial charge in [-0.1, -0.05) is 0 Å². The molecule has 1 aromatic carbocycles. The van der Waals surface area contributed by atoms with Gasteiger partial charge < -0.3 is 10.4 Å². The zero-order chi connectivity index (χ0) is 15.5. The Labute approximate surface area is 113 Å². The second-order valence-electron chi connectivity index (χ2n) is 4.86. The summed E-state index contributed by atoms with van der Waals surface area (Å²) in [4.78, 5) is 21.3. The Morgan fingerprint density at radius 2 is 2.05 bits per heavy atom. The Balaban J connectivity index is 3.14. The number of nitro benzene ring substituents is 1. The van der Waals surface area contributed by atoms with Crippen LogP contribution in [0.15, 0.2) is 12.1 Å². The third kappa shape index (κ3) is 3.70. The molecule has 0 saturated carbocycles. The summed E-state index contributed by atoms with van der Waals surface area (Å²) < 4.78 is 27.0. The Morgan fingerprint density at radius 1 is 1.45 bits per heavy atom. The van der Waals surface area contributed by atoms with Gasteiger partial charge in [-0.3, -0.25) is 14.9 Å². The first kappa shape index (κ1) is 16.0. The van der Waals surface area contributed by atoms with E-state index >= 15 is 0 Å². The lowest BCUT2D eigenvalue weighted by atomic mass is 10.0. The number of aliphatic hydroxyl groups is 1. The molecule has 0 aliphatic rings. The molecule has 0 spiro atoms. The molecular formula is C12H14F2N2O4. The minimum absolute atomic E-state index is 0.192. The van der Waals surface area contributed by atoms with Crippen LogP contribution in [-0.4, -0.2) is 28.1 Å². The van der Waals surface area contributed by atoms with Crippen molar-refractivity contribution < 1.29 is 23.6 Å². The smallest absolute Gasteiger partial charge is 0.308 e. The van der Waals surface area contributed by atoms with Gasteiger partial charge in [0.2, 0.25) is 5.82 Å². The highest BCUT2D eigenvalue weighted by Crippen LogP contribution is 2.23. The Kier molecular flexibility index (Phi) is 4.72. The van der Waals surface area contributed by atoms with Gasteiger partial charge in [0.25, 0.3) is 5.91 Å². The van der Waals surface area contributed by atoms with Crippen LogP contribution in [0.3, 0.4) is 0 Å². The minimum Gasteiger partial charge on any atom is -0.396 e. The molecule has 0 unspecified atom stereocenters. The van der Waals surface area contributed by atoms with Crippen molar-refractivity contribution in [2.45, 2.75) is 25.8 Å². The number of hydrogen-bond donors (Lipinski definition) is 2. The van der Waals surface area contributed by atoms with Crippen molar-refractivity contribution in [1.82, 2.24) is 5.32 Å². The molecule has 0 aliphatic heterocycles. The monoisotopic (exact) mass is 288 g/mol. The van der Waals surface area contributed by atoms with E-state index in [2.05, 4.69) is 5.32 Å². The first-order chi connectivity index (χ1) is 9.18. The summed E-state index contributed by atoms with van der Waals surface area (Å²) in [7, 11) is 0. The van der Waals surface area contributed by atoms with Crippen LogP contribution in [-0.2, 0) is 0 Å². The Morgan fingerprint density at radius 3 is 2.55 bits per heavy atom. The highest BCUT2D eigenvalue weighted by Gasteiger charge is 2.27. The molecule has 0 aliphatic carbocycles. The fraction of sp³-hybridized carbons (Fsp3) is 0.417. The van der Waals surface area contributed by atoms with Crippen molar-refractivity contribution in [1.29, 1.82) is 0 Å². The summed E-state index contributed by atoms with van der Waals surface area (Å²) in [5.41, 5.74) is -2.71. The first-order valence-electron chi connectivity index (χ1n) is 5.75. The Hall–Kier alpha value is -2.09. The third-order valence-electron chi connectivity index (χ3n) is 2.65. The summed E-state index contributed by atoms with van der Waals surface area (Å²) >= 11 is 0. The summed E-state index contributed by atoms with van der Waals surface area (Å²) in [6.07, 6.45) is 0.192. The van der Waals surface area contributed by atoms with E-state index in [9.17, 15) is 23.7 Å². The lowest BCUT2D eigenvalue weighted by Crippen LogP contribution is -2.44. The van der Waals surface area contributed by atoms with Crippen LogP contribution >= 0.6 is 0 Å². The summed E-state index contributed by atoms with van der Waals surface area (Å²) in [6, 6.07) is 0.998. The molecule has 6 nitrogen and oxygen atoms in total. The number of carbonyl (C=O) groups is 1. The molecule has 1 rings (SSSR count). The molecule has 0 radical (unpaired) electrons. The van der Waals surface area contributed by atoms with E-state index in [1.165, 1.54) is 0 Å². The van der Waals surface area contributed by atoms with Crippen molar-refractivity contribution in [2.75, 3.05) is 6.61 Å². The molecule has 0 saturated heterocycles. The molecule has 20 heavy (non-hydrogen) atoms. The molecule has 1 aromatic rings. The molecule has 110 valence electrons. The summed E-state index contributed by atoms with van der Waals surface area (Å²) in [5.74, 6) is -3.46. The SMILES string of the molecule is CC(C)(CCO)NC(=O)c1cc(F)cc([N+](=O)[O-])c1F. The molecular weight excluding hydrogens is 274 g/mol. The van der Waals surface area contributed by atoms with E-state index in [1.807, 2.05) is 0 Å². The average Bonchev–Trinajstić information content (AvgIpc) is 2.30. The third-order valence-corrected chi connectivity index (χ3v) is 2.65. The van der Waals surface area contributed by atoms with Gasteiger partial charge in [-0.05, 0) is 26.3 Å². The maximum absolute atomic E-state index is 13.8. The molecule has 0 heterocycles. The standard InChI is InChI=1S/C12H14F2N2O4/c1-12(2,3-4-17)15-11(18)8-5-7(13)6-9(10(8)14)16(19)20/h5-6,17H,3-4H2,1-2H3,(H,15,18). The number of nitrogens with zero attached hydrogens (tertiary/aromatic N) is 1. The fourth-order valence-corrected chi connectivity index (χ4v) is 1.59. The zero-order valence-corrected chi connectivity index (χ0v) is 10.9. The van der Waals surface area contributed by atoms with Crippen LogP contribution in [0.5, 0.6) is 0 Å². The quantitative estimate of drug-likeness (QED) is 0.638. The molecule has 0 aromatic heterocycles. The number of aliphatic hydroxyl groups excluding tert-OH is 1. The topological polar surface area (TPSA) is 92.5 Å². The van der Waals surface area contributed by atoms with Crippen LogP contribution in [0.2, 0.25) is 0 Å². The number of amides is 1. The second-order valence-corrected chi connectivity index (χ2v) is 4.86. The van der Waals surface area contributed by atoms with Crippen LogP contribution in [0.1, 0.15) is 30.6 Å². The van der Waals surface area contributed by atoms with E-state index in [4.69, 9.17) is 5.11 Å². The predicted octanol–water partition coefficient (Wildman–Crippen LogP) is 1.76. The van der Waals surface area contributed by atoms with Crippen LogP contribution < -0.4 is 5.32 Å². The average molecular weight is 288 g/mol. The van der Waals surface area contributed by atoms with Crippen LogP contribution in [0, 0.1) is 21.7 Å². The lowest BCUT2D eigenvalue weighted by molar-refractivity contribution is -0.387. The van der Waals surface area contributed by atoms with Crippen molar-refractivity contribution >= 4 is 11.6 Å². The molecule has 0 fully saturated rings. The van der Waals surface area contributed by atoms with Gasteiger partial charge in [0.05, 0.1) is 16.6 Å². The van der Waals surface area contributed by atoms with Gasteiger partial charge in [-0.15, -0.1) is 0 Å². The van der Waals surface area contributed by atoms with Crippen LogP contribution in [0.25, 0.3) is 0 Å². The highest BCUT2D eigenvalue weighted by atomic mass is 19.1. The van der Waals surface area contributed by atoms with Crippen molar-refractivity contribution in [3.05, 3.63) is 39.4 Å². The highest BCUT2D eigenvalue weighted by molar-refractivity contribution is 5.95. The predicted molar refractivity (Wildman–Crippen MR) is 66.3 cm³/mol. The summed E-state index contributed by atoms with van der Waals surface area (Å²) in [5, 5.41) is 21.8. The summed E-state index contributed by atoms with van der Waals surface area (Å²) in [6.45, 7) is 2.94. The van der Waals surface area contributed by atoms with E-state index in [0.29, 0.717) is 12.1 Å². The number of nitrogens with one attached hydrogen (secondary N) is 1. The first-order valence-corrected chi connectivity index (χ1v) is 5.75. The number of carbonyl (C=O) groups excluding carboxylic acids is 1. The van der Waals surface area contributed by atoms with Gasteiger partial charge in [0, 0.05) is 12.1 Å². The Bertz CT molecular complexity index is 547. The van der Waals surface area contributed by atoms with E-state index < -0.39 is 39.3 Å². The van der Waals surface area contributed by atoms with Gasteiger partial charge in [0.1, 0.15) is 5.82 Å². The van der Waals surface area contributed by atoms with Crippen LogP contribution in [0.4, 0.5) is 14.5 Å². The molecule has 2 N–H and O–H groups in total. The van der Waals surface area contributed by atoms with Gasteiger partial charge in [-0.25, -0.2) is 4.39 Å². The van der Waals surface area contributed by atoms with E-state index in [1.54, 1.807) is 13.8 Å². The van der Waals surface area contributed by atoms with E-state index in [-0.39, 0.29) is 13.0 Å². The van der Waals surface area contributed by atoms with Gasteiger partial charge >= 0.3 is 5.69 Å². The lowest BCUT2D eigenvalue weighted by Gasteiger charge is -2.25. The fourth-order valence-electron chi connectivity index (χ4n) is 1.59. The number of benzene rings is 1. The number of hydrogen-bond acceptors (Lipinski definition) is 4. The zero-order valence-electron chi connectivity index (χ0n) is 10.9. The number of halogens is 2. The molecule has 0 bridgehead atoms. The number of nitro groups is 1. The normalized spacial score (nSPS) is 11.2. The maximum atomic E-state index is 13.8. The van der Waals surface area contributed by atoms with Gasteiger partial charge in [-0.2, -0.15) is 4.39 Å². The molecule has 1 amide bonds. The van der Waals surface area contributed by atoms with Gasteiger partial charge in [0.15, 0.2) is 0 Å². The van der Waals surface area contributed by atoms with Crippen molar-refractivity contribution in [3.8, 4) is 0 Å². The van der Waals surface area contributed by atoms with Crippen molar-refractivity contribution in [3.63, 3.8) is 0 Å². The maximum Gasteiger partial charge on any atom is 0.308 e. The largest absolute Gasteiger partial charge is 0.396 e. The van der Waals surface area contributed by atoms with Crippen molar-refractivity contribution in [2.24, 2.45) is 0 Å².